The normalized spacial score (nSPS) is 10.9. The Bertz CT molecular complexity index is 734. The van der Waals surface area contributed by atoms with Gasteiger partial charge in [0.05, 0.1) is 19.5 Å². The molecular weight excluding hydrogens is 340 g/mol. The van der Waals surface area contributed by atoms with Crippen molar-refractivity contribution in [2.45, 2.75) is 32.6 Å². The Morgan fingerprint density at radius 1 is 0.889 bits per heavy atom. The van der Waals surface area contributed by atoms with E-state index < -0.39 is 0 Å². The molecule has 0 aliphatic carbocycles. The summed E-state index contributed by atoms with van der Waals surface area (Å²) < 4.78 is 5.63. The number of benzene rings is 2. The zero-order valence-corrected chi connectivity index (χ0v) is 16.2. The zero-order valence-electron chi connectivity index (χ0n) is 16.2. The first kappa shape index (κ1) is 20.5. The van der Waals surface area contributed by atoms with E-state index >= 15 is 0 Å². The summed E-state index contributed by atoms with van der Waals surface area (Å²) in [6, 6.07) is 17.4. The third kappa shape index (κ3) is 7.52. The Morgan fingerprint density at radius 3 is 2.19 bits per heavy atom. The van der Waals surface area contributed by atoms with E-state index in [0.717, 1.165) is 11.3 Å². The van der Waals surface area contributed by atoms with Gasteiger partial charge in [0.15, 0.2) is 0 Å². The standard InChI is InChI=1S/C22H28N2O3/c1-22(2,3)18-9-11-19(12-10-18)27-14-13-23-21(26)16-24-20(25)15-17-7-5-4-6-8-17/h4-12H,13-16H2,1-3H3,(H,23,26)(H,24,25). The largest absolute Gasteiger partial charge is 0.492 e. The molecule has 5 nitrogen and oxygen atoms in total. The van der Waals surface area contributed by atoms with Crippen molar-refractivity contribution in [1.82, 2.24) is 10.6 Å². The van der Waals surface area contributed by atoms with E-state index in [2.05, 4.69) is 43.5 Å². The highest BCUT2D eigenvalue weighted by molar-refractivity contribution is 5.85. The zero-order chi connectivity index (χ0) is 19.7. The minimum absolute atomic E-state index is 0.0358. The number of ether oxygens (including phenoxy) is 1. The van der Waals surface area contributed by atoms with Crippen LogP contribution in [0.15, 0.2) is 54.6 Å². The Balaban J connectivity index is 1.61. The molecule has 2 aromatic carbocycles. The monoisotopic (exact) mass is 368 g/mol. The fourth-order valence-electron chi connectivity index (χ4n) is 2.50. The first-order valence-electron chi connectivity index (χ1n) is 9.15. The van der Waals surface area contributed by atoms with Gasteiger partial charge in [0.1, 0.15) is 12.4 Å². The van der Waals surface area contributed by atoms with Gasteiger partial charge in [-0.15, -0.1) is 0 Å². The maximum atomic E-state index is 11.8. The summed E-state index contributed by atoms with van der Waals surface area (Å²) in [5, 5.41) is 5.35. The van der Waals surface area contributed by atoms with Gasteiger partial charge >= 0.3 is 0 Å². The molecule has 0 unspecified atom stereocenters. The molecule has 0 aliphatic heterocycles. The molecule has 0 aliphatic rings. The number of amides is 2. The van der Waals surface area contributed by atoms with Crippen LogP contribution in [0, 0.1) is 0 Å². The van der Waals surface area contributed by atoms with Gasteiger partial charge in [-0.3, -0.25) is 9.59 Å². The maximum Gasteiger partial charge on any atom is 0.239 e. The maximum absolute atomic E-state index is 11.8. The first-order chi connectivity index (χ1) is 12.8. The second-order valence-corrected chi connectivity index (χ2v) is 7.41. The van der Waals surface area contributed by atoms with Crippen molar-refractivity contribution >= 4 is 11.8 Å². The Morgan fingerprint density at radius 2 is 1.56 bits per heavy atom. The summed E-state index contributed by atoms with van der Waals surface area (Å²) in [5.74, 6) is 0.364. The molecule has 0 heterocycles. The molecule has 27 heavy (non-hydrogen) atoms. The van der Waals surface area contributed by atoms with Crippen LogP contribution in [-0.4, -0.2) is 31.5 Å². The van der Waals surface area contributed by atoms with Gasteiger partial charge < -0.3 is 15.4 Å². The van der Waals surface area contributed by atoms with Crippen LogP contribution in [0.3, 0.4) is 0 Å². The van der Waals surface area contributed by atoms with E-state index in [1.54, 1.807) is 0 Å². The Hall–Kier alpha value is -2.82. The minimum atomic E-state index is -0.233. The molecule has 2 N–H and O–H groups in total. The summed E-state index contributed by atoms with van der Waals surface area (Å²) >= 11 is 0. The van der Waals surface area contributed by atoms with E-state index in [1.165, 1.54) is 5.56 Å². The molecular formula is C22H28N2O3. The summed E-state index contributed by atoms with van der Waals surface area (Å²) in [7, 11) is 0. The third-order valence-corrected chi connectivity index (χ3v) is 4.07. The quantitative estimate of drug-likeness (QED) is 0.704. The van der Waals surface area contributed by atoms with Crippen LogP contribution in [0.2, 0.25) is 0 Å². The smallest absolute Gasteiger partial charge is 0.239 e. The summed E-state index contributed by atoms with van der Waals surface area (Å²) in [6.45, 7) is 7.21. The lowest BCUT2D eigenvalue weighted by Gasteiger charge is -2.19. The molecule has 0 bridgehead atoms. The first-order valence-corrected chi connectivity index (χ1v) is 9.15. The molecule has 5 heteroatoms. The Labute approximate surface area is 161 Å². The van der Waals surface area contributed by atoms with Gasteiger partial charge in [-0.05, 0) is 28.7 Å². The van der Waals surface area contributed by atoms with Gasteiger partial charge in [0, 0.05) is 0 Å². The van der Waals surface area contributed by atoms with Crippen LogP contribution in [0.5, 0.6) is 5.75 Å². The van der Waals surface area contributed by atoms with E-state index in [9.17, 15) is 9.59 Å². The van der Waals surface area contributed by atoms with Crippen molar-refractivity contribution in [3.05, 3.63) is 65.7 Å². The number of rotatable bonds is 8. The van der Waals surface area contributed by atoms with Crippen LogP contribution in [-0.2, 0) is 21.4 Å². The highest BCUT2D eigenvalue weighted by Gasteiger charge is 2.13. The molecule has 0 fully saturated rings. The topological polar surface area (TPSA) is 67.4 Å². The van der Waals surface area contributed by atoms with Crippen molar-refractivity contribution in [2.75, 3.05) is 19.7 Å². The molecule has 0 atom stereocenters. The average molecular weight is 368 g/mol. The molecule has 0 radical (unpaired) electrons. The Kier molecular flexibility index (Phi) is 7.41. The van der Waals surface area contributed by atoms with Crippen LogP contribution in [0.25, 0.3) is 0 Å². The summed E-state index contributed by atoms with van der Waals surface area (Å²) in [6.07, 6.45) is 0.266. The van der Waals surface area contributed by atoms with Gasteiger partial charge in [-0.1, -0.05) is 63.2 Å². The number of carbonyl (C=O) groups excluding carboxylic acids is 2. The van der Waals surface area contributed by atoms with Crippen LogP contribution < -0.4 is 15.4 Å². The molecule has 2 amide bonds. The van der Waals surface area contributed by atoms with Gasteiger partial charge in [-0.2, -0.15) is 0 Å². The molecule has 0 aromatic heterocycles. The number of hydrogen-bond acceptors (Lipinski definition) is 3. The number of hydrogen-bond donors (Lipinski definition) is 2. The van der Waals surface area contributed by atoms with E-state index in [4.69, 9.17) is 4.74 Å². The second kappa shape index (κ2) is 9.76. The van der Waals surface area contributed by atoms with Crippen molar-refractivity contribution in [1.29, 1.82) is 0 Å². The fourth-order valence-corrected chi connectivity index (χ4v) is 2.50. The molecule has 0 saturated carbocycles. The number of carbonyl (C=O) groups is 2. The van der Waals surface area contributed by atoms with Crippen LogP contribution >= 0.6 is 0 Å². The SMILES string of the molecule is CC(C)(C)c1ccc(OCCNC(=O)CNC(=O)Cc2ccccc2)cc1. The van der Waals surface area contributed by atoms with Crippen molar-refractivity contribution in [3.8, 4) is 5.75 Å². The molecule has 2 aromatic rings. The highest BCUT2D eigenvalue weighted by atomic mass is 16.5. The highest BCUT2D eigenvalue weighted by Crippen LogP contribution is 2.24. The molecule has 2 rings (SSSR count). The minimum Gasteiger partial charge on any atom is -0.492 e. The van der Waals surface area contributed by atoms with Crippen molar-refractivity contribution < 1.29 is 14.3 Å². The molecule has 0 spiro atoms. The van der Waals surface area contributed by atoms with Gasteiger partial charge in [0.2, 0.25) is 11.8 Å². The summed E-state index contributed by atoms with van der Waals surface area (Å²) in [5.41, 5.74) is 2.27. The van der Waals surface area contributed by atoms with E-state index in [0.29, 0.717) is 13.2 Å². The molecule has 0 saturated heterocycles. The van der Waals surface area contributed by atoms with Gasteiger partial charge in [0.25, 0.3) is 0 Å². The predicted molar refractivity (Wildman–Crippen MR) is 107 cm³/mol. The van der Waals surface area contributed by atoms with E-state index in [1.807, 2.05) is 42.5 Å². The fraction of sp³-hybridized carbons (Fsp3) is 0.364. The molecule has 144 valence electrons. The lowest BCUT2D eigenvalue weighted by atomic mass is 9.87. The summed E-state index contributed by atoms with van der Waals surface area (Å²) in [4.78, 5) is 23.6. The predicted octanol–water partition coefficient (Wildman–Crippen LogP) is 2.84. The van der Waals surface area contributed by atoms with Crippen LogP contribution in [0.4, 0.5) is 0 Å². The van der Waals surface area contributed by atoms with Crippen molar-refractivity contribution in [3.63, 3.8) is 0 Å². The van der Waals surface area contributed by atoms with Crippen LogP contribution in [0.1, 0.15) is 31.9 Å². The third-order valence-electron chi connectivity index (χ3n) is 4.07. The lowest BCUT2D eigenvalue weighted by Crippen LogP contribution is -2.39. The van der Waals surface area contributed by atoms with Gasteiger partial charge in [-0.25, -0.2) is 0 Å². The van der Waals surface area contributed by atoms with Crippen molar-refractivity contribution in [2.24, 2.45) is 0 Å². The lowest BCUT2D eigenvalue weighted by molar-refractivity contribution is -0.125. The number of nitrogens with one attached hydrogen (secondary N) is 2. The van der Waals surface area contributed by atoms with E-state index in [-0.39, 0.29) is 30.2 Å². The second-order valence-electron chi connectivity index (χ2n) is 7.41. The average Bonchev–Trinajstić information content (AvgIpc) is 2.64.